The first kappa shape index (κ1) is 80.9. The minimum absolute atomic E-state index is 0.0303. The molecule has 1 amide bonds. The molecule has 122 heavy (non-hydrogen) atoms. The Hall–Kier alpha value is -12.2. The molecule has 4 saturated heterocycles. The molecule has 28 heteroatoms. The van der Waals surface area contributed by atoms with Crippen molar-refractivity contribution in [3.8, 4) is 0 Å². The lowest BCUT2D eigenvalue weighted by atomic mass is 9.73. The number of halogens is 8. The predicted octanol–water partition coefficient (Wildman–Crippen LogP) is 19.6. The molecule has 0 unspecified atom stereocenters. The number of anilines is 3. The zero-order valence-electron chi connectivity index (χ0n) is 67.9. The Morgan fingerprint density at radius 2 is 0.721 bits per heavy atom. The van der Waals surface area contributed by atoms with Crippen molar-refractivity contribution < 1.29 is 35.5 Å². The van der Waals surface area contributed by atoms with Gasteiger partial charge in [0.25, 0.3) is 5.91 Å². The van der Waals surface area contributed by atoms with Crippen molar-refractivity contribution in [2.24, 2.45) is 5.92 Å². The van der Waals surface area contributed by atoms with Crippen molar-refractivity contribution in [1.82, 2.24) is 79.4 Å². The van der Waals surface area contributed by atoms with Crippen LogP contribution < -0.4 is 14.7 Å². The van der Waals surface area contributed by atoms with Gasteiger partial charge in [-0.05, 0) is 222 Å². The summed E-state index contributed by atoms with van der Waals surface area (Å²) in [7, 11) is 0. The van der Waals surface area contributed by atoms with Crippen LogP contribution in [0.3, 0.4) is 0 Å². The molecule has 0 radical (unpaired) electrons. The number of likely N-dealkylation sites (tertiary alicyclic amines) is 1. The monoisotopic (exact) mass is 1670 g/mol. The summed E-state index contributed by atoms with van der Waals surface area (Å²) in [5, 5.41) is 4.16. The number of piperazine rings is 3. The number of H-pyrrole nitrogens is 4. The van der Waals surface area contributed by atoms with Crippen molar-refractivity contribution in [1.29, 1.82) is 0 Å². The number of hydrogen-bond acceptors (Lipinski definition) is 15. The van der Waals surface area contributed by atoms with Gasteiger partial charge in [0.1, 0.15) is 52.4 Å². The van der Waals surface area contributed by atoms with Crippen LogP contribution in [-0.2, 0) is 0 Å². The number of pyridine rings is 4. The van der Waals surface area contributed by atoms with E-state index in [-0.39, 0.29) is 53.1 Å². The van der Waals surface area contributed by atoms with E-state index in [2.05, 4.69) is 106 Å². The van der Waals surface area contributed by atoms with Gasteiger partial charge in [0.2, 0.25) is 0 Å². The standard InChI is InChI=1S/C28H29FN4O.C22H21ClFN5.C22H20F3N5.C22H21F2N5/c1-17(27-31-25-9-7-20(15-26(25)32-27)28(34)33-13-2-14-33)18-3-5-19(6-4-18)22-11-12-30-24-10-8-21(29)16-23(22)24;1-14(22-26-19-4-2-15(23)12-20(19)27-22)28-8-10-29(11-9-28)21-6-7-25-18-5-3-16(24)13-17(18)21;1-13(22-27-19-11-16(24)17(25)12-20(19)28-22)29-6-8-30(9-7-29)21-4-5-26-18-3-2-14(23)10-15(18)21;1-14(22-26-19-5-3-16(24)13-20(19)27-22)28-8-10-29(11-9-28)21-6-7-25-18-4-2-15(23)12-17(18)21/h7-12,15-19H,2-6,13-14H2,1H3,(H,31,32);2-7,12-14H,8-11H2,1H3,(H,26,27);2-5,10-13H,6-9H2,1H3,(H,27,28);2-7,12-14H,8-11H2,1H3,(H,26,27)/t17-,18?,19?;14-;13-;14-/m1111/s1. The van der Waals surface area contributed by atoms with Gasteiger partial charge in [0.15, 0.2) is 11.6 Å². The fourth-order valence-corrected chi connectivity index (χ4v) is 18.2. The van der Waals surface area contributed by atoms with Crippen LogP contribution in [0.15, 0.2) is 189 Å². The van der Waals surface area contributed by atoms with Crippen LogP contribution in [0, 0.1) is 46.6 Å². The summed E-state index contributed by atoms with van der Waals surface area (Å²) in [5.41, 5.74) is 14.4. The number of carbonyl (C=O) groups is 1. The van der Waals surface area contributed by atoms with Gasteiger partial charge in [-0.15, -0.1) is 0 Å². The quantitative estimate of drug-likeness (QED) is 0.0792. The van der Waals surface area contributed by atoms with Gasteiger partial charge in [-0.2, -0.15) is 0 Å². The van der Waals surface area contributed by atoms with E-state index in [0.717, 1.165) is 253 Å². The fraction of sp³-hybridized carbons (Fsp3) is 0.309. The Morgan fingerprint density at radius 1 is 0.361 bits per heavy atom. The molecule has 1 saturated carbocycles. The number of hydrogen-bond donors (Lipinski definition) is 4. The molecule has 5 fully saturated rings. The third-order valence-electron chi connectivity index (χ3n) is 25.3. The Labute approximate surface area is 704 Å². The minimum atomic E-state index is -0.900. The van der Waals surface area contributed by atoms with Crippen molar-refractivity contribution in [3.63, 3.8) is 0 Å². The lowest BCUT2D eigenvalue weighted by molar-refractivity contribution is 0.0652. The summed E-state index contributed by atoms with van der Waals surface area (Å²) in [6.45, 7) is 20.3. The minimum Gasteiger partial charge on any atom is -0.368 e. The Kier molecular flexibility index (Phi) is 23.0. The first-order valence-corrected chi connectivity index (χ1v) is 42.2. The van der Waals surface area contributed by atoms with Crippen LogP contribution in [0.5, 0.6) is 0 Å². The topological polar surface area (TPSA) is 206 Å². The summed E-state index contributed by atoms with van der Waals surface area (Å²) in [5.74, 6) is 1.86. The molecule has 4 N–H and O–H groups in total. The molecule has 20 nitrogen and oxygen atoms in total. The number of rotatable bonds is 13. The third kappa shape index (κ3) is 17.0. The second-order valence-electron chi connectivity index (χ2n) is 32.5. The Morgan fingerprint density at radius 3 is 1.18 bits per heavy atom. The lowest BCUT2D eigenvalue weighted by Crippen LogP contribution is -2.47. The van der Waals surface area contributed by atoms with Gasteiger partial charge in [0, 0.05) is 184 Å². The van der Waals surface area contributed by atoms with E-state index < -0.39 is 11.6 Å². The van der Waals surface area contributed by atoms with Crippen LogP contribution in [-0.4, -0.2) is 177 Å². The molecule has 5 aliphatic rings. The zero-order chi connectivity index (χ0) is 84.0. The van der Waals surface area contributed by atoms with Crippen molar-refractivity contribution in [2.75, 3.05) is 106 Å². The number of benzene rings is 8. The van der Waals surface area contributed by atoms with Crippen molar-refractivity contribution in [3.05, 3.63) is 269 Å². The number of imidazole rings is 4. The molecule has 624 valence electrons. The predicted molar refractivity (Wildman–Crippen MR) is 466 cm³/mol. The van der Waals surface area contributed by atoms with E-state index in [0.29, 0.717) is 39.6 Å². The highest BCUT2D eigenvalue weighted by molar-refractivity contribution is 6.31. The molecule has 1 aliphatic carbocycles. The molecular formula is C94H91ClF7N19O. The first-order valence-electron chi connectivity index (χ1n) is 41.8. The average molecular weight is 1670 g/mol. The van der Waals surface area contributed by atoms with Gasteiger partial charge in [-0.3, -0.25) is 39.4 Å². The van der Waals surface area contributed by atoms with Gasteiger partial charge >= 0.3 is 0 Å². The van der Waals surface area contributed by atoms with E-state index in [1.54, 1.807) is 67.1 Å². The Bertz CT molecular complexity index is 6300. The maximum atomic E-state index is 13.9. The van der Waals surface area contributed by atoms with E-state index in [1.807, 2.05) is 72.6 Å². The molecule has 8 aromatic heterocycles. The van der Waals surface area contributed by atoms with E-state index in [9.17, 15) is 35.5 Å². The molecular weight excluding hydrogens is 1580 g/mol. The van der Waals surface area contributed by atoms with E-state index in [4.69, 9.17) is 21.6 Å². The molecule has 8 aromatic carbocycles. The second-order valence-corrected chi connectivity index (χ2v) is 32.9. The summed E-state index contributed by atoms with van der Waals surface area (Å²) in [6, 6.07) is 45.5. The van der Waals surface area contributed by atoms with Crippen LogP contribution in [0.25, 0.3) is 87.7 Å². The number of nitrogens with one attached hydrogen (secondary N) is 4. The van der Waals surface area contributed by atoms with Gasteiger partial charge in [-0.1, -0.05) is 18.5 Å². The van der Waals surface area contributed by atoms with Crippen LogP contribution in [0.2, 0.25) is 5.02 Å². The maximum Gasteiger partial charge on any atom is 0.253 e. The molecule has 4 atom stereocenters. The number of nitrogens with zero attached hydrogens (tertiary/aromatic N) is 15. The number of carbonyl (C=O) groups excluding carboxylic acids is 1. The van der Waals surface area contributed by atoms with Gasteiger partial charge < -0.3 is 39.5 Å². The van der Waals surface area contributed by atoms with Gasteiger partial charge in [0.05, 0.1) is 84.3 Å². The maximum absolute atomic E-state index is 13.9. The number of amides is 1. The third-order valence-corrected chi connectivity index (χ3v) is 25.5. The van der Waals surface area contributed by atoms with Crippen LogP contribution in [0.4, 0.5) is 47.8 Å². The number of aromatic amines is 4. The molecule has 12 heterocycles. The number of fused-ring (bicyclic) bond motifs is 8. The van der Waals surface area contributed by atoms with E-state index in [1.165, 1.54) is 48.0 Å². The highest BCUT2D eigenvalue weighted by atomic mass is 35.5. The van der Waals surface area contributed by atoms with Gasteiger partial charge in [-0.25, -0.2) is 50.7 Å². The van der Waals surface area contributed by atoms with Crippen LogP contribution in [0.1, 0.15) is 129 Å². The molecule has 16 aromatic rings. The lowest BCUT2D eigenvalue weighted by Gasteiger charge is -2.38. The normalized spacial score (nSPS) is 17.9. The summed E-state index contributed by atoms with van der Waals surface area (Å²) in [6.07, 6.45) is 12.6. The molecule has 0 spiro atoms. The van der Waals surface area contributed by atoms with E-state index >= 15 is 0 Å². The molecule has 21 rings (SSSR count). The van der Waals surface area contributed by atoms with Crippen LogP contribution >= 0.6 is 11.6 Å². The highest BCUT2D eigenvalue weighted by Gasteiger charge is 2.33. The average Bonchev–Trinajstić information content (AvgIpc) is 1.65. The molecule has 4 aliphatic heterocycles. The first-order chi connectivity index (χ1) is 59.2. The smallest absolute Gasteiger partial charge is 0.253 e. The largest absolute Gasteiger partial charge is 0.368 e. The summed E-state index contributed by atoms with van der Waals surface area (Å²) in [4.78, 5) is 77.7. The van der Waals surface area contributed by atoms with Crippen molar-refractivity contribution >= 4 is 122 Å². The second kappa shape index (κ2) is 34.7. The van der Waals surface area contributed by atoms with Crippen molar-refractivity contribution in [2.45, 2.75) is 89.8 Å². The SMILES string of the molecule is C[C@@H](c1nc2ccc(C(=O)N3CCC3)cc2[nH]1)C1CCC(c2ccnc3ccc(F)cc23)CC1.C[C@H](c1nc2cc(F)c(F)cc2[nH]1)N1CCN(c2ccnc3ccc(F)cc23)CC1.C[C@H](c1nc2ccc(Cl)cc2[nH]1)N1CCN(c2ccnc3ccc(F)cc23)CC1.C[C@H](c1nc2ccc(F)cc2[nH]1)N1CCN(c2ccnc3ccc(F)cc23)CC1. The number of aromatic nitrogens is 12. The highest BCUT2D eigenvalue weighted by Crippen LogP contribution is 2.44. The fourth-order valence-electron chi connectivity index (χ4n) is 18.1. The summed E-state index contributed by atoms with van der Waals surface area (Å²) < 4.78 is 95.6. The summed E-state index contributed by atoms with van der Waals surface area (Å²) >= 11 is 6.09. The Balaban J connectivity index is 0.000000111. The molecule has 0 bridgehead atoms. The zero-order valence-corrected chi connectivity index (χ0v) is 68.7.